The third-order valence-electron chi connectivity index (χ3n) is 5.52. The Morgan fingerprint density at radius 3 is 1.47 bits per heavy atom. The van der Waals surface area contributed by atoms with Crippen molar-refractivity contribution in [2.45, 2.75) is 5.41 Å². The van der Waals surface area contributed by atoms with E-state index in [-0.39, 0.29) is 0 Å². The molecule has 4 nitrogen and oxygen atoms in total. The van der Waals surface area contributed by atoms with Crippen LogP contribution in [0.3, 0.4) is 0 Å². The minimum atomic E-state index is -0.535. The molecule has 5 rings (SSSR count). The Morgan fingerprint density at radius 2 is 1.00 bits per heavy atom. The van der Waals surface area contributed by atoms with Crippen molar-refractivity contribution in [2.24, 2.45) is 0 Å². The normalized spacial score (nSPS) is 11.3. The molecule has 0 saturated carbocycles. The Bertz CT molecular complexity index is 1120. The predicted molar refractivity (Wildman–Crippen MR) is 117 cm³/mol. The van der Waals surface area contributed by atoms with E-state index < -0.39 is 5.41 Å². The van der Waals surface area contributed by atoms with Crippen LogP contribution in [0.25, 0.3) is 5.69 Å². The van der Waals surface area contributed by atoms with Crippen molar-refractivity contribution in [2.75, 3.05) is 0 Å². The Morgan fingerprint density at radius 1 is 0.533 bits per heavy atom. The Balaban J connectivity index is 1.94. The molecule has 1 heterocycles. The minimum absolute atomic E-state index is 0.535. The predicted octanol–water partition coefficient (Wildman–Crippen LogP) is 5.05. The van der Waals surface area contributed by atoms with Gasteiger partial charge in [-0.25, -0.2) is 4.68 Å². The topological polar surface area (TPSA) is 43.6 Å². The van der Waals surface area contributed by atoms with E-state index in [0.29, 0.717) is 0 Å². The second kappa shape index (κ2) is 7.76. The Hall–Kier alpha value is -4.05. The van der Waals surface area contributed by atoms with Crippen molar-refractivity contribution < 1.29 is 0 Å². The van der Waals surface area contributed by atoms with Gasteiger partial charge in [0.1, 0.15) is 6.33 Å². The van der Waals surface area contributed by atoms with Gasteiger partial charge in [0.15, 0.2) is 0 Å². The van der Waals surface area contributed by atoms with Crippen LogP contribution < -0.4 is 0 Å². The summed E-state index contributed by atoms with van der Waals surface area (Å²) in [5, 5.41) is 11.9. The fraction of sp³-hybridized carbons (Fsp3) is 0.0385. The number of rotatable bonds is 5. The molecule has 0 saturated heterocycles. The van der Waals surface area contributed by atoms with Gasteiger partial charge in [-0.1, -0.05) is 109 Å². The monoisotopic (exact) mass is 388 g/mol. The zero-order chi connectivity index (χ0) is 20.2. The number of aromatic nitrogens is 4. The summed E-state index contributed by atoms with van der Waals surface area (Å²) in [6.45, 7) is 0. The molecule has 5 aromatic rings. The van der Waals surface area contributed by atoms with E-state index in [1.807, 2.05) is 6.07 Å². The lowest BCUT2D eigenvalue weighted by Crippen LogP contribution is -2.32. The van der Waals surface area contributed by atoms with Gasteiger partial charge in [-0.2, -0.15) is 0 Å². The van der Waals surface area contributed by atoms with Gasteiger partial charge >= 0.3 is 0 Å². The SMILES string of the molecule is c1ccc(C(c2ccccc2)(c2ccccc2)c2ccccc2-n2cnnn2)cc1. The van der Waals surface area contributed by atoms with Gasteiger partial charge in [0.2, 0.25) is 0 Å². The van der Waals surface area contributed by atoms with Gasteiger partial charge in [-0.3, -0.25) is 0 Å². The lowest BCUT2D eigenvalue weighted by molar-refractivity contribution is 0.713. The molecule has 0 aliphatic heterocycles. The molecule has 0 N–H and O–H groups in total. The standard InChI is InChI=1S/C26H20N4/c1-4-12-21(13-5-1)26(22-14-6-2-7-15-22,23-16-8-3-9-17-23)24-18-10-11-19-25(24)30-20-27-28-29-30/h1-20H. The van der Waals surface area contributed by atoms with Crippen molar-refractivity contribution in [3.63, 3.8) is 0 Å². The summed E-state index contributed by atoms with van der Waals surface area (Å²) in [6.07, 6.45) is 1.64. The van der Waals surface area contributed by atoms with Crippen LogP contribution in [0.1, 0.15) is 22.3 Å². The van der Waals surface area contributed by atoms with Gasteiger partial charge in [-0.05, 0) is 38.7 Å². The second-order valence-corrected chi connectivity index (χ2v) is 7.12. The molecule has 1 aromatic heterocycles. The van der Waals surface area contributed by atoms with Crippen LogP contribution in [-0.2, 0) is 5.41 Å². The summed E-state index contributed by atoms with van der Waals surface area (Å²) >= 11 is 0. The van der Waals surface area contributed by atoms with E-state index in [0.717, 1.165) is 11.3 Å². The number of para-hydroxylation sites is 1. The molecule has 0 unspecified atom stereocenters. The van der Waals surface area contributed by atoms with E-state index in [1.165, 1.54) is 16.7 Å². The van der Waals surface area contributed by atoms with Crippen LogP contribution in [0.5, 0.6) is 0 Å². The van der Waals surface area contributed by atoms with E-state index in [2.05, 4.69) is 125 Å². The minimum Gasteiger partial charge on any atom is -0.200 e. The maximum Gasteiger partial charge on any atom is 0.143 e. The zero-order valence-electron chi connectivity index (χ0n) is 16.3. The molecule has 0 aliphatic rings. The first-order valence-corrected chi connectivity index (χ1v) is 9.90. The first-order valence-electron chi connectivity index (χ1n) is 9.90. The molecule has 0 aliphatic carbocycles. The third-order valence-corrected chi connectivity index (χ3v) is 5.52. The largest absolute Gasteiger partial charge is 0.200 e. The van der Waals surface area contributed by atoms with Crippen LogP contribution in [0, 0.1) is 0 Å². The second-order valence-electron chi connectivity index (χ2n) is 7.12. The lowest BCUT2D eigenvalue weighted by atomic mass is 9.64. The zero-order valence-corrected chi connectivity index (χ0v) is 16.3. The van der Waals surface area contributed by atoms with Gasteiger partial charge in [0, 0.05) is 0 Å². The van der Waals surface area contributed by atoms with Crippen LogP contribution in [0.2, 0.25) is 0 Å². The first kappa shape index (κ1) is 18.0. The smallest absolute Gasteiger partial charge is 0.143 e. The Labute approximate surface area is 175 Å². The summed E-state index contributed by atoms with van der Waals surface area (Å²) in [6, 6.07) is 40.2. The van der Waals surface area contributed by atoms with E-state index in [4.69, 9.17) is 0 Å². The van der Waals surface area contributed by atoms with Crippen molar-refractivity contribution >= 4 is 0 Å². The summed E-state index contributed by atoms with van der Waals surface area (Å²) in [4.78, 5) is 0. The molecule has 144 valence electrons. The maximum atomic E-state index is 4.20. The molecule has 30 heavy (non-hydrogen) atoms. The summed E-state index contributed by atoms with van der Waals surface area (Å²) in [5.41, 5.74) is 5.07. The van der Waals surface area contributed by atoms with Gasteiger partial charge in [0.25, 0.3) is 0 Å². The van der Waals surface area contributed by atoms with E-state index >= 15 is 0 Å². The van der Waals surface area contributed by atoms with Crippen LogP contribution in [-0.4, -0.2) is 20.2 Å². The quantitative estimate of drug-likeness (QED) is 0.396. The highest BCUT2D eigenvalue weighted by Crippen LogP contribution is 2.46. The van der Waals surface area contributed by atoms with Crippen LogP contribution >= 0.6 is 0 Å². The maximum absolute atomic E-state index is 4.20. The molecule has 0 radical (unpaired) electrons. The molecule has 0 amide bonds. The third kappa shape index (κ3) is 2.90. The van der Waals surface area contributed by atoms with Crippen LogP contribution in [0.15, 0.2) is 122 Å². The molecule has 0 atom stereocenters. The molecule has 0 bridgehead atoms. The number of tetrazole rings is 1. The molecular weight excluding hydrogens is 368 g/mol. The van der Waals surface area contributed by atoms with Crippen molar-refractivity contribution in [3.05, 3.63) is 144 Å². The van der Waals surface area contributed by atoms with Gasteiger partial charge < -0.3 is 0 Å². The van der Waals surface area contributed by atoms with Crippen molar-refractivity contribution in [3.8, 4) is 5.69 Å². The summed E-state index contributed by atoms with van der Waals surface area (Å²) < 4.78 is 1.74. The van der Waals surface area contributed by atoms with E-state index in [9.17, 15) is 0 Å². The summed E-state index contributed by atoms with van der Waals surface area (Å²) in [5.74, 6) is 0. The van der Waals surface area contributed by atoms with Crippen molar-refractivity contribution in [1.82, 2.24) is 20.2 Å². The average Bonchev–Trinajstić information content (AvgIpc) is 3.37. The fourth-order valence-electron chi connectivity index (χ4n) is 4.29. The first-order chi connectivity index (χ1) is 14.9. The molecule has 4 heteroatoms. The lowest BCUT2D eigenvalue weighted by Gasteiger charge is -2.37. The molecular formula is C26H20N4. The number of hydrogen-bond acceptors (Lipinski definition) is 3. The summed E-state index contributed by atoms with van der Waals surface area (Å²) in [7, 11) is 0. The number of nitrogens with zero attached hydrogens (tertiary/aromatic N) is 4. The highest BCUT2D eigenvalue weighted by molar-refractivity contribution is 5.64. The highest BCUT2D eigenvalue weighted by atomic mass is 15.5. The van der Waals surface area contributed by atoms with Gasteiger partial charge in [0.05, 0.1) is 11.1 Å². The average molecular weight is 388 g/mol. The Kier molecular flexibility index (Phi) is 4.66. The fourth-order valence-corrected chi connectivity index (χ4v) is 4.29. The molecule has 4 aromatic carbocycles. The highest BCUT2D eigenvalue weighted by Gasteiger charge is 2.40. The van der Waals surface area contributed by atoms with Crippen LogP contribution in [0.4, 0.5) is 0 Å². The van der Waals surface area contributed by atoms with E-state index in [1.54, 1.807) is 11.0 Å². The van der Waals surface area contributed by atoms with Gasteiger partial charge in [-0.15, -0.1) is 5.10 Å². The van der Waals surface area contributed by atoms with Crippen molar-refractivity contribution in [1.29, 1.82) is 0 Å². The number of benzene rings is 4. The number of hydrogen-bond donors (Lipinski definition) is 0. The molecule has 0 spiro atoms. The molecule has 0 fully saturated rings.